The number of rotatable bonds is 4. The van der Waals surface area contributed by atoms with Crippen LogP contribution in [0.4, 0.5) is 4.39 Å². The number of terminal acetylenes is 1. The van der Waals surface area contributed by atoms with Gasteiger partial charge in [-0.05, 0) is 31.2 Å². The first-order valence-corrected chi connectivity index (χ1v) is 5.21. The Labute approximate surface area is 94.6 Å². The molecule has 1 unspecified atom stereocenters. The average Bonchev–Trinajstić information content (AvgIpc) is 2.24. The van der Waals surface area contributed by atoms with Gasteiger partial charge in [-0.25, -0.2) is 4.39 Å². The summed E-state index contributed by atoms with van der Waals surface area (Å²) in [5.41, 5.74) is 0.429. The first-order chi connectivity index (χ1) is 7.19. The summed E-state index contributed by atoms with van der Waals surface area (Å²) >= 11 is 5.79. The molecule has 0 saturated heterocycles. The van der Waals surface area contributed by atoms with Crippen LogP contribution in [0.25, 0.3) is 0 Å². The molecule has 0 radical (unpaired) electrons. The van der Waals surface area contributed by atoms with Crippen molar-refractivity contribution in [2.45, 2.75) is 19.4 Å². The highest BCUT2D eigenvalue weighted by molar-refractivity contribution is 6.30. The lowest BCUT2D eigenvalue weighted by molar-refractivity contribution is 0.563. The van der Waals surface area contributed by atoms with Crippen LogP contribution in [0.3, 0.4) is 0 Å². The predicted molar refractivity (Wildman–Crippen MR) is 61.3 cm³/mol. The van der Waals surface area contributed by atoms with Crippen LogP contribution in [0, 0.1) is 18.2 Å². The van der Waals surface area contributed by atoms with Crippen LogP contribution in [-0.2, 0) is 0 Å². The molecule has 0 bridgehead atoms. The molecule has 3 heteroatoms. The smallest absolute Gasteiger partial charge is 0.129 e. The summed E-state index contributed by atoms with van der Waals surface area (Å²) < 4.78 is 13.4. The average molecular weight is 226 g/mol. The third-order valence-corrected chi connectivity index (χ3v) is 2.27. The fraction of sp³-hybridized carbons (Fsp3) is 0.333. The lowest BCUT2D eigenvalue weighted by Crippen LogP contribution is -2.21. The molecule has 1 N–H and O–H groups in total. The van der Waals surface area contributed by atoms with E-state index in [-0.39, 0.29) is 5.82 Å². The zero-order valence-corrected chi connectivity index (χ0v) is 9.31. The van der Waals surface area contributed by atoms with Crippen LogP contribution >= 0.6 is 11.6 Å². The van der Waals surface area contributed by atoms with E-state index in [0.29, 0.717) is 10.6 Å². The highest BCUT2D eigenvalue weighted by Crippen LogP contribution is 2.20. The second-order valence-electron chi connectivity index (χ2n) is 3.22. The molecule has 0 aliphatic rings. The van der Waals surface area contributed by atoms with Crippen LogP contribution in [0.5, 0.6) is 0 Å². The molecule has 0 amide bonds. The van der Waals surface area contributed by atoms with Gasteiger partial charge in [0.25, 0.3) is 0 Å². The lowest BCUT2D eigenvalue weighted by atomic mass is 10.1. The van der Waals surface area contributed by atoms with Gasteiger partial charge in [0.05, 0.1) is 6.04 Å². The topological polar surface area (TPSA) is 12.0 Å². The van der Waals surface area contributed by atoms with Crippen LogP contribution in [0.15, 0.2) is 18.2 Å². The monoisotopic (exact) mass is 225 g/mol. The zero-order valence-electron chi connectivity index (χ0n) is 8.56. The molecule has 0 fully saturated rings. The van der Waals surface area contributed by atoms with E-state index >= 15 is 0 Å². The van der Waals surface area contributed by atoms with Gasteiger partial charge in [0.15, 0.2) is 0 Å². The third kappa shape index (κ3) is 3.23. The normalized spacial score (nSPS) is 12.1. The number of hydrogen-bond donors (Lipinski definition) is 1. The van der Waals surface area contributed by atoms with Crippen molar-refractivity contribution in [2.24, 2.45) is 0 Å². The van der Waals surface area contributed by atoms with Crippen LogP contribution in [-0.4, -0.2) is 6.54 Å². The standard InChI is InChI=1S/C12H13ClFN/c1-3-7-15-12(4-2)10-8-9(13)5-6-11(10)14/h2,5-6,8,12,15H,3,7H2,1H3. The van der Waals surface area contributed by atoms with Crippen molar-refractivity contribution < 1.29 is 4.39 Å². The fourth-order valence-electron chi connectivity index (χ4n) is 1.28. The lowest BCUT2D eigenvalue weighted by Gasteiger charge is -2.13. The predicted octanol–water partition coefficient (Wildman–Crippen LogP) is 3.15. The molecule has 0 aliphatic carbocycles. The van der Waals surface area contributed by atoms with E-state index in [2.05, 4.69) is 11.2 Å². The molecule has 15 heavy (non-hydrogen) atoms. The second-order valence-corrected chi connectivity index (χ2v) is 3.66. The largest absolute Gasteiger partial charge is 0.300 e. The molecule has 80 valence electrons. The van der Waals surface area contributed by atoms with Crippen LogP contribution in [0.1, 0.15) is 24.9 Å². The van der Waals surface area contributed by atoms with Gasteiger partial charge in [-0.3, -0.25) is 5.32 Å². The van der Waals surface area contributed by atoms with Gasteiger partial charge < -0.3 is 0 Å². The maximum atomic E-state index is 13.4. The van der Waals surface area contributed by atoms with Gasteiger partial charge in [0.2, 0.25) is 0 Å². The summed E-state index contributed by atoms with van der Waals surface area (Å²) in [6.07, 6.45) is 6.29. The van der Waals surface area contributed by atoms with Gasteiger partial charge in [-0.15, -0.1) is 6.42 Å². The minimum absolute atomic E-state index is 0.328. The summed E-state index contributed by atoms with van der Waals surface area (Å²) in [5.74, 6) is 2.18. The molecule has 0 aliphatic heterocycles. The van der Waals surface area contributed by atoms with Crippen molar-refractivity contribution >= 4 is 11.6 Å². The molecule has 0 heterocycles. The summed E-state index contributed by atoms with van der Waals surface area (Å²) in [6.45, 7) is 2.77. The number of nitrogens with one attached hydrogen (secondary N) is 1. The van der Waals surface area contributed by atoms with E-state index in [1.54, 1.807) is 6.07 Å². The van der Waals surface area contributed by atoms with Crippen molar-refractivity contribution in [3.63, 3.8) is 0 Å². The molecule has 0 saturated carbocycles. The van der Waals surface area contributed by atoms with Crippen LogP contribution in [0.2, 0.25) is 5.02 Å². The van der Waals surface area contributed by atoms with Gasteiger partial charge in [0, 0.05) is 10.6 Å². The summed E-state index contributed by atoms with van der Waals surface area (Å²) in [5, 5.41) is 3.56. The van der Waals surface area contributed by atoms with Crippen molar-refractivity contribution in [2.75, 3.05) is 6.54 Å². The second kappa shape index (κ2) is 5.75. The van der Waals surface area contributed by atoms with Crippen molar-refractivity contribution in [1.29, 1.82) is 0 Å². The van der Waals surface area contributed by atoms with Crippen molar-refractivity contribution in [3.8, 4) is 12.3 Å². The number of halogens is 2. The maximum absolute atomic E-state index is 13.4. The Kier molecular flexibility index (Phi) is 4.61. The highest BCUT2D eigenvalue weighted by Gasteiger charge is 2.12. The molecule has 1 nitrogen and oxygen atoms in total. The van der Waals surface area contributed by atoms with Crippen molar-refractivity contribution in [1.82, 2.24) is 5.32 Å². The first kappa shape index (κ1) is 12.0. The van der Waals surface area contributed by atoms with Gasteiger partial charge in [-0.1, -0.05) is 24.4 Å². The van der Waals surface area contributed by atoms with E-state index < -0.39 is 6.04 Å². The van der Waals surface area contributed by atoms with Crippen LogP contribution < -0.4 is 5.32 Å². The Morgan fingerprint density at radius 3 is 2.93 bits per heavy atom. The number of hydrogen-bond acceptors (Lipinski definition) is 1. The molecular formula is C12H13ClFN. The molecule has 1 aromatic carbocycles. The third-order valence-electron chi connectivity index (χ3n) is 2.03. The molecule has 0 spiro atoms. The fourth-order valence-corrected chi connectivity index (χ4v) is 1.46. The number of benzene rings is 1. The van der Waals surface area contributed by atoms with Gasteiger partial charge in [0.1, 0.15) is 5.82 Å². The quantitative estimate of drug-likeness (QED) is 0.777. The first-order valence-electron chi connectivity index (χ1n) is 4.83. The van der Waals surface area contributed by atoms with Crippen molar-refractivity contribution in [3.05, 3.63) is 34.6 Å². The zero-order chi connectivity index (χ0) is 11.3. The molecule has 1 aromatic rings. The minimum Gasteiger partial charge on any atom is -0.300 e. The van der Waals surface area contributed by atoms with E-state index in [9.17, 15) is 4.39 Å². The Balaban J connectivity index is 2.91. The SMILES string of the molecule is C#CC(NCCC)c1cc(Cl)ccc1F. The van der Waals surface area contributed by atoms with E-state index in [1.165, 1.54) is 12.1 Å². The summed E-state index contributed by atoms with van der Waals surface area (Å²) in [7, 11) is 0. The molecular weight excluding hydrogens is 213 g/mol. The van der Waals surface area contributed by atoms with E-state index in [4.69, 9.17) is 18.0 Å². The van der Waals surface area contributed by atoms with Gasteiger partial charge >= 0.3 is 0 Å². The van der Waals surface area contributed by atoms with E-state index in [0.717, 1.165) is 13.0 Å². The Morgan fingerprint density at radius 2 is 2.33 bits per heavy atom. The maximum Gasteiger partial charge on any atom is 0.129 e. The highest BCUT2D eigenvalue weighted by atomic mass is 35.5. The summed E-state index contributed by atoms with van der Waals surface area (Å²) in [6, 6.07) is 3.98. The molecule has 1 atom stereocenters. The van der Waals surface area contributed by atoms with Gasteiger partial charge in [-0.2, -0.15) is 0 Å². The minimum atomic E-state index is -0.413. The van der Waals surface area contributed by atoms with E-state index in [1.807, 2.05) is 6.92 Å². The summed E-state index contributed by atoms with van der Waals surface area (Å²) in [4.78, 5) is 0. The molecule has 1 rings (SSSR count). The Bertz CT molecular complexity index is 370. The molecule has 0 aromatic heterocycles. The Hall–Kier alpha value is -1.04. The Morgan fingerprint density at radius 1 is 1.60 bits per heavy atom.